The fraction of sp³-hybridized carbons (Fsp3) is 0.793. The number of unbranched alkanes of at least 4 members (excludes halogenated alkanes) is 24. The van der Waals surface area contributed by atoms with Gasteiger partial charge in [-0.15, -0.1) is 0 Å². The van der Waals surface area contributed by atoms with Gasteiger partial charge in [0.1, 0.15) is 35.8 Å². The lowest BCUT2D eigenvalue weighted by atomic mass is 10.0. The number of hydrogen-bond donors (Lipinski definition) is 2. The summed E-state index contributed by atoms with van der Waals surface area (Å²) >= 11 is 1.37. The van der Waals surface area contributed by atoms with Gasteiger partial charge in [-0.25, -0.2) is 9.18 Å². The summed E-state index contributed by atoms with van der Waals surface area (Å²) in [6, 6.07) is 2.33. The Morgan fingerprint density at radius 1 is 0.569 bits per heavy atom. The molecule has 414 valence electrons. The minimum atomic E-state index is -1.21. The van der Waals surface area contributed by atoms with E-state index in [0.29, 0.717) is 24.3 Å². The summed E-state index contributed by atoms with van der Waals surface area (Å²) in [6.45, 7) is 14.6. The van der Waals surface area contributed by atoms with Crippen molar-refractivity contribution < 1.29 is 52.1 Å². The van der Waals surface area contributed by atoms with Crippen molar-refractivity contribution >= 4 is 53.1 Å². The van der Waals surface area contributed by atoms with Gasteiger partial charge in [0.25, 0.3) is 5.91 Å². The molecule has 12 nitrogen and oxygen atoms in total. The molecule has 2 atom stereocenters. The summed E-state index contributed by atoms with van der Waals surface area (Å²) in [5, 5.41) is 5.09. The van der Waals surface area contributed by atoms with Crippen LogP contribution in [0.4, 0.5) is 10.1 Å². The van der Waals surface area contributed by atoms with E-state index in [1.165, 1.54) is 152 Å². The minimum absolute atomic E-state index is 0.0139. The second-order valence-corrected chi connectivity index (χ2v) is 22.7. The second kappa shape index (κ2) is 40.7. The highest BCUT2D eigenvalue weighted by molar-refractivity contribution is 7.99. The molecule has 0 fully saturated rings. The molecule has 0 aliphatic heterocycles. The highest BCUT2D eigenvalue weighted by Gasteiger charge is 2.29. The first-order valence-corrected chi connectivity index (χ1v) is 29.3. The Hall–Kier alpha value is -3.68. The lowest BCUT2D eigenvalue weighted by Gasteiger charge is -2.25. The highest BCUT2D eigenvalue weighted by atomic mass is 32.2. The molecule has 72 heavy (non-hydrogen) atoms. The highest BCUT2D eigenvalue weighted by Crippen LogP contribution is 2.21. The van der Waals surface area contributed by atoms with Crippen molar-refractivity contribution in [2.24, 2.45) is 0 Å². The molecule has 1 aromatic rings. The predicted octanol–water partition coefficient (Wildman–Crippen LogP) is 14.9. The lowest BCUT2D eigenvalue weighted by molar-refractivity contribution is -0.158. The summed E-state index contributed by atoms with van der Waals surface area (Å²) in [5.41, 5.74) is -1.84. The van der Waals surface area contributed by atoms with Crippen LogP contribution < -0.4 is 10.6 Å². The van der Waals surface area contributed by atoms with Gasteiger partial charge in [-0.2, -0.15) is 11.8 Å². The van der Waals surface area contributed by atoms with Gasteiger partial charge in [0, 0.05) is 42.8 Å². The van der Waals surface area contributed by atoms with Crippen LogP contribution in [0.3, 0.4) is 0 Å². The van der Waals surface area contributed by atoms with E-state index in [-0.39, 0.29) is 49.1 Å². The maximum atomic E-state index is 15.3. The maximum absolute atomic E-state index is 15.3. The van der Waals surface area contributed by atoms with Gasteiger partial charge in [-0.05, 0) is 79.0 Å². The Morgan fingerprint density at radius 2 is 1.03 bits per heavy atom. The van der Waals surface area contributed by atoms with Crippen molar-refractivity contribution in [3.8, 4) is 0 Å². The average molecular weight is 1040 g/mol. The Morgan fingerprint density at radius 3 is 1.49 bits per heavy atom. The molecule has 2 N–H and O–H groups in total. The van der Waals surface area contributed by atoms with Crippen LogP contribution in [0.2, 0.25) is 0 Å². The van der Waals surface area contributed by atoms with Gasteiger partial charge in [0.2, 0.25) is 5.91 Å². The second-order valence-electron chi connectivity index (χ2n) is 21.5. The molecule has 0 heterocycles. The normalized spacial score (nSPS) is 12.5. The maximum Gasteiger partial charge on any atom is 0.329 e. The molecule has 1 unspecified atom stereocenters. The number of amides is 2. The summed E-state index contributed by atoms with van der Waals surface area (Å²) < 4.78 is 37.5. The largest absolute Gasteiger partial charge is 0.462 e. The van der Waals surface area contributed by atoms with E-state index in [0.717, 1.165) is 44.6 Å². The minimum Gasteiger partial charge on any atom is -0.462 e. The number of rotatable bonds is 43. The number of halogens is 1. The first kappa shape index (κ1) is 66.3. The first-order valence-electron chi connectivity index (χ1n) is 28.1. The van der Waals surface area contributed by atoms with Gasteiger partial charge >= 0.3 is 23.9 Å². The molecule has 0 saturated carbocycles. The third-order valence-electron chi connectivity index (χ3n) is 12.0. The molecule has 0 saturated heterocycles. The number of anilines is 1. The van der Waals surface area contributed by atoms with Crippen molar-refractivity contribution in [1.29, 1.82) is 0 Å². The summed E-state index contributed by atoms with van der Waals surface area (Å²) in [4.78, 5) is 77.2. The summed E-state index contributed by atoms with van der Waals surface area (Å²) in [5.74, 6) is -3.41. The van der Waals surface area contributed by atoms with Crippen molar-refractivity contribution in [3.05, 3.63) is 29.6 Å². The zero-order chi connectivity index (χ0) is 53.5. The number of ether oxygens (including phenoxy) is 4. The molecule has 2 amide bonds. The third kappa shape index (κ3) is 38.0. The van der Waals surface area contributed by atoms with E-state index in [1.807, 2.05) is 0 Å². The molecular formula is C58H99FN2O10S. The number of benzene rings is 1. The number of carbonyl (C=O) groups excluding carboxylic acids is 6. The van der Waals surface area contributed by atoms with Crippen LogP contribution in [0.1, 0.15) is 265 Å². The van der Waals surface area contributed by atoms with Crippen molar-refractivity contribution in [2.45, 2.75) is 278 Å². The van der Waals surface area contributed by atoms with Gasteiger partial charge in [-0.1, -0.05) is 168 Å². The van der Waals surface area contributed by atoms with Crippen LogP contribution in [0.15, 0.2) is 18.2 Å². The molecule has 1 aromatic carbocycles. The van der Waals surface area contributed by atoms with Crippen molar-refractivity contribution in [1.82, 2.24) is 5.32 Å². The topological polar surface area (TPSA) is 163 Å². The zero-order valence-electron chi connectivity index (χ0n) is 46.3. The van der Waals surface area contributed by atoms with Crippen LogP contribution in [-0.2, 0) is 42.9 Å². The Labute approximate surface area is 439 Å². The predicted molar refractivity (Wildman–Crippen MR) is 291 cm³/mol. The lowest BCUT2D eigenvalue weighted by Crippen LogP contribution is -2.44. The van der Waals surface area contributed by atoms with Crippen LogP contribution in [0.5, 0.6) is 0 Å². The van der Waals surface area contributed by atoms with Crippen molar-refractivity contribution in [3.63, 3.8) is 0 Å². The molecule has 0 bridgehead atoms. The fourth-order valence-corrected chi connectivity index (χ4v) is 8.99. The number of nitrogens with one attached hydrogen (secondary N) is 2. The van der Waals surface area contributed by atoms with Gasteiger partial charge < -0.3 is 29.6 Å². The van der Waals surface area contributed by atoms with E-state index in [1.54, 1.807) is 41.5 Å². The molecule has 0 spiro atoms. The molecular weight excluding hydrogens is 936 g/mol. The molecule has 0 aliphatic carbocycles. The fourth-order valence-electron chi connectivity index (χ4n) is 8.06. The molecule has 1 rings (SSSR count). The molecule has 0 aromatic heterocycles. The summed E-state index contributed by atoms with van der Waals surface area (Å²) in [6.07, 6.45) is 31.2. The smallest absolute Gasteiger partial charge is 0.329 e. The Bertz CT molecular complexity index is 1660. The van der Waals surface area contributed by atoms with Crippen LogP contribution in [0.25, 0.3) is 0 Å². The molecule has 0 aliphatic rings. The number of hydrogen-bond acceptors (Lipinski definition) is 11. The van der Waals surface area contributed by atoms with Gasteiger partial charge in [-0.3, -0.25) is 24.0 Å². The first-order chi connectivity index (χ1) is 34.3. The quantitative estimate of drug-likeness (QED) is 0.0363. The molecule has 14 heteroatoms. The zero-order valence-corrected chi connectivity index (χ0v) is 47.1. The third-order valence-corrected chi connectivity index (χ3v) is 13.1. The molecule has 0 radical (unpaired) electrons. The van der Waals surface area contributed by atoms with E-state index >= 15 is 4.39 Å². The number of carbonyl (C=O) groups is 6. The van der Waals surface area contributed by atoms with Gasteiger partial charge in [0.05, 0.1) is 5.69 Å². The van der Waals surface area contributed by atoms with E-state index < -0.39 is 52.9 Å². The van der Waals surface area contributed by atoms with Crippen LogP contribution in [-0.4, -0.2) is 77.2 Å². The SMILES string of the molecule is CCCCCCCCCCCCCCCC(=O)OCC(CSCCC(=O)Nc1ccc(C(=O)N[C@@H](CCC(=O)OC(C)(C)C)C(=O)OC(C)(C)C)cc1F)OC(=O)CCCCCCCCCCCCCCC. The summed E-state index contributed by atoms with van der Waals surface area (Å²) in [7, 11) is 0. The Balaban J connectivity index is 2.67. The van der Waals surface area contributed by atoms with E-state index in [9.17, 15) is 28.8 Å². The van der Waals surface area contributed by atoms with E-state index in [4.69, 9.17) is 18.9 Å². The van der Waals surface area contributed by atoms with E-state index in [2.05, 4.69) is 24.5 Å². The van der Waals surface area contributed by atoms with Crippen LogP contribution in [0, 0.1) is 5.82 Å². The standard InChI is InChI=1S/C58H99FN2O10S/c1-9-11-13-15-17-19-21-23-25-27-29-31-33-35-52(63)68-44-47(69-53(64)36-34-32-30-28-26-24-22-20-18-16-14-12-10-2)45-72-42-41-51(62)60-49-38-37-46(43-48(49)59)55(66)61-50(56(67)71-58(6,7)8)39-40-54(65)70-57(3,4)5/h37-38,43,47,50H,9-36,39-42,44-45H2,1-8H3,(H,60,62)(H,61,66)/t47?,50-/m0/s1. The van der Waals surface area contributed by atoms with Crippen LogP contribution >= 0.6 is 11.8 Å². The monoisotopic (exact) mass is 1030 g/mol. The average Bonchev–Trinajstić information content (AvgIpc) is 3.30. The van der Waals surface area contributed by atoms with Crippen molar-refractivity contribution in [2.75, 3.05) is 23.4 Å². The number of thioether (sulfide) groups is 1. The number of esters is 4. The van der Waals surface area contributed by atoms with Gasteiger partial charge in [0.15, 0.2) is 0 Å². The Kier molecular flexibility index (Phi) is 37.5.